The highest BCUT2D eigenvalue weighted by Gasteiger charge is 2.10. The molecule has 1 aromatic heterocycles. The second kappa shape index (κ2) is 12.1. The molecule has 0 aliphatic carbocycles. The van der Waals surface area contributed by atoms with Crippen LogP contribution in [0.3, 0.4) is 0 Å². The van der Waals surface area contributed by atoms with Crippen molar-refractivity contribution in [1.82, 2.24) is 20.4 Å². The van der Waals surface area contributed by atoms with E-state index in [-0.39, 0.29) is 24.0 Å². The summed E-state index contributed by atoms with van der Waals surface area (Å²) in [4.78, 5) is 6.76. The van der Waals surface area contributed by atoms with Crippen LogP contribution in [0, 0.1) is 0 Å². The molecule has 0 saturated carbocycles. The fraction of sp³-hybridized carbons (Fsp3) is 0.474. The van der Waals surface area contributed by atoms with Crippen molar-refractivity contribution in [2.24, 2.45) is 4.99 Å². The van der Waals surface area contributed by atoms with Gasteiger partial charge in [-0.05, 0) is 30.2 Å². The number of rotatable bonds is 7. The molecule has 0 bridgehead atoms. The molecule has 1 fully saturated rings. The molecular formula is C19H29IN6S. The average Bonchev–Trinajstić information content (AvgIpc) is 3.22. The Morgan fingerprint density at radius 3 is 2.63 bits per heavy atom. The molecule has 0 unspecified atom stereocenters. The van der Waals surface area contributed by atoms with E-state index in [4.69, 9.17) is 0 Å². The van der Waals surface area contributed by atoms with Crippen LogP contribution in [-0.2, 0) is 13.1 Å². The van der Waals surface area contributed by atoms with Gasteiger partial charge in [-0.15, -0.1) is 24.0 Å². The third-order valence-corrected chi connectivity index (χ3v) is 5.35. The predicted molar refractivity (Wildman–Crippen MR) is 126 cm³/mol. The molecule has 27 heavy (non-hydrogen) atoms. The fourth-order valence-electron chi connectivity index (χ4n) is 2.93. The van der Waals surface area contributed by atoms with Crippen LogP contribution in [0.15, 0.2) is 47.7 Å². The summed E-state index contributed by atoms with van der Waals surface area (Å²) in [5, 5.41) is 10.9. The number of thioether (sulfide) groups is 1. The van der Waals surface area contributed by atoms with Crippen LogP contribution in [0.2, 0.25) is 0 Å². The number of nitrogens with zero attached hydrogens (tertiary/aromatic N) is 4. The first kappa shape index (κ1) is 21.9. The topological polar surface area (TPSA) is 57.5 Å². The SMILES string of the molecule is CN=C(NCCCn1cccn1)NCc1ccc(N2CCSCC2)cc1.I. The minimum absolute atomic E-state index is 0. The van der Waals surface area contributed by atoms with Crippen LogP contribution in [0.25, 0.3) is 0 Å². The first-order valence-electron chi connectivity index (χ1n) is 9.19. The first-order chi connectivity index (χ1) is 12.8. The van der Waals surface area contributed by atoms with Crippen LogP contribution in [0.5, 0.6) is 0 Å². The molecule has 148 valence electrons. The number of halogens is 1. The van der Waals surface area contributed by atoms with Gasteiger partial charge in [0.15, 0.2) is 5.96 Å². The van der Waals surface area contributed by atoms with E-state index >= 15 is 0 Å². The standard InChI is InChI=1S/C19H28N6S.HI/c1-20-19(21-8-2-10-25-11-3-9-23-25)22-16-17-4-6-18(7-5-17)24-12-14-26-15-13-24;/h3-7,9,11H,2,8,10,12-16H2,1H3,(H2,20,21,22);1H. The quantitative estimate of drug-likeness (QED) is 0.265. The lowest BCUT2D eigenvalue weighted by Gasteiger charge is -2.28. The van der Waals surface area contributed by atoms with Crippen molar-refractivity contribution in [3.8, 4) is 0 Å². The van der Waals surface area contributed by atoms with Crippen LogP contribution >= 0.6 is 35.7 Å². The third-order valence-electron chi connectivity index (χ3n) is 4.41. The molecule has 1 aromatic carbocycles. The Morgan fingerprint density at radius 1 is 1.19 bits per heavy atom. The number of benzene rings is 1. The van der Waals surface area contributed by atoms with Crippen molar-refractivity contribution < 1.29 is 0 Å². The Bertz CT molecular complexity index is 668. The Balaban J connectivity index is 0.00000261. The van der Waals surface area contributed by atoms with Crippen molar-refractivity contribution >= 4 is 47.4 Å². The number of aliphatic imine (C=N–C) groups is 1. The van der Waals surface area contributed by atoms with Crippen molar-refractivity contribution in [1.29, 1.82) is 0 Å². The molecule has 1 aliphatic heterocycles. The fourth-order valence-corrected chi connectivity index (χ4v) is 3.84. The minimum Gasteiger partial charge on any atom is -0.370 e. The molecule has 8 heteroatoms. The number of aryl methyl sites for hydroxylation is 1. The lowest BCUT2D eigenvalue weighted by Crippen LogP contribution is -2.37. The molecule has 6 nitrogen and oxygen atoms in total. The maximum absolute atomic E-state index is 4.29. The number of nitrogens with one attached hydrogen (secondary N) is 2. The number of hydrogen-bond donors (Lipinski definition) is 2. The summed E-state index contributed by atoms with van der Waals surface area (Å²) in [5.41, 5.74) is 2.59. The molecule has 0 spiro atoms. The summed E-state index contributed by atoms with van der Waals surface area (Å²) in [5.74, 6) is 3.29. The first-order valence-corrected chi connectivity index (χ1v) is 10.3. The maximum Gasteiger partial charge on any atom is 0.191 e. The van der Waals surface area contributed by atoms with Crippen LogP contribution in [-0.4, -0.2) is 53.9 Å². The molecule has 2 heterocycles. The Kier molecular flexibility index (Phi) is 9.82. The van der Waals surface area contributed by atoms with Crippen molar-refractivity contribution in [2.75, 3.05) is 43.1 Å². The molecule has 0 amide bonds. The summed E-state index contributed by atoms with van der Waals surface area (Å²) >= 11 is 2.04. The zero-order chi connectivity index (χ0) is 18.0. The van der Waals surface area contributed by atoms with E-state index < -0.39 is 0 Å². The van der Waals surface area contributed by atoms with Crippen LogP contribution < -0.4 is 15.5 Å². The number of aromatic nitrogens is 2. The molecule has 0 atom stereocenters. The number of hydrogen-bond acceptors (Lipinski definition) is 4. The van der Waals surface area contributed by atoms with Gasteiger partial charge < -0.3 is 15.5 Å². The van der Waals surface area contributed by atoms with E-state index in [9.17, 15) is 0 Å². The van der Waals surface area contributed by atoms with E-state index in [1.54, 1.807) is 7.05 Å². The van der Waals surface area contributed by atoms with Crippen LogP contribution in [0.1, 0.15) is 12.0 Å². The van der Waals surface area contributed by atoms with Gasteiger partial charge in [-0.2, -0.15) is 16.9 Å². The minimum atomic E-state index is 0. The molecule has 3 rings (SSSR count). The summed E-state index contributed by atoms with van der Waals surface area (Å²) < 4.78 is 1.94. The molecular weight excluding hydrogens is 471 g/mol. The zero-order valence-electron chi connectivity index (χ0n) is 15.8. The van der Waals surface area contributed by atoms with Gasteiger partial charge in [0, 0.05) is 69.4 Å². The highest BCUT2D eigenvalue weighted by molar-refractivity contribution is 14.0. The zero-order valence-corrected chi connectivity index (χ0v) is 19.0. The van der Waals surface area contributed by atoms with E-state index in [0.29, 0.717) is 0 Å². The third kappa shape index (κ3) is 7.25. The van der Waals surface area contributed by atoms with Gasteiger partial charge in [0.1, 0.15) is 0 Å². The van der Waals surface area contributed by atoms with Gasteiger partial charge in [0.05, 0.1) is 0 Å². The summed E-state index contributed by atoms with van der Waals surface area (Å²) in [7, 11) is 1.81. The maximum atomic E-state index is 4.29. The Hall–Kier alpha value is -1.42. The highest BCUT2D eigenvalue weighted by Crippen LogP contribution is 2.19. The molecule has 0 radical (unpaired) electrons. The molecule has 1 aliphatic rings. The highest BCUT2D eigenvalue weighted by atomic mass is 127. The van der Waals surface area contributed by atoms with Crippen molar-refractivity contribution in [2.45, 2.75) is 19.5 Å². The Labute approximate surface area is 183 Å². The Morgan fingerprint density at radius 2 is 1.96 bits per heavy atom. The molecule has 2 N–H and O–H groups in total. The number of guanidine groups is 1. The van der Waals surface area contributed by atoms with Gasteiger partial charge in [-0.25, -0.2) is 0 Å². The monoisotopic (exact) mass is 500 g/mol. The smallest absolute Gasteiger partial charge is 0.191 e. The van der Waals surface area contributed by atoms with Gasteiger partial charge in [0.25, 0.3) is 0 Å². The van der Waals surface area contributed by atoms with Gasteiger partial charge >= 0.3 is 0 Å². The van der Waals surface area contributed by atoms with E-state index in [1.165, 1.54) is 22.8 Å². The van der Waals surface area contributed by atoms with E-state index in [0.717, 1.165) is 45.1 Å². The normalized spacial score (nSPS) is 14.6. The lowest BCUT2D eigenvalue weighted by molar-refractivity contribution is 0.570. The lowest BCUT2D eigenvalue weighted by atomic mass is 10.2. The van der Waals surface area contributed by atoms with Gasteiger partial charge in [0.2, 0.25) is 0 Å². The summed E-state index contributed by atoms with van der Waals surface area (Å²) in [6, 6.07) is 10.8. The number of anilines is 1. The van der Waals surface area contributed by atoms with Crippen molar-refractivity contribution in [3.63, 3.8) is 0 Å². The molecule has 2 aromatic rings. The second-order valence-corrected chi connectivity index (χ2v) is 7.47. The van der Waals surface area contributed by atoms with Crippen molar-refractivity contribution in [3.05, 3.63) is 48.3 Å². The molecule has 1 saturated heterocycles. The van der Waals surface area contributed by atoms with Gasteiger partial charge in [-0.3, -0.25) is 9.67 Å². The van der Waals surface area contributed by atoms with Gasteiger partial charge in [-0.1, -0.05) is 12.1 Å². The second-order valence-electron chi connectivity index (χ2n) is 6.24. The summed E-state index contributed by atoms with van der Waals surface area (Å²) in [6.07, 6.45) is 4.80. The predicted octanol–water partition coefficient (Wildman–Crippen LogP) is 2.81. The van der Waals surface area contributed by atoms with Crippen LogP contribution in [0.4, 0.5) is 5.69 Å². The largest absolute Gasteiger partial charge is 0.370 e. The average molecular weight is 500 g/mol. The van der Waals surface area contributed by atoms with E-state index in [1.807, 2.05) is 34.9 Å². The van der Waals surface area contributed by atoms with E-state index in [2.05, 4.69) is 49.9 Å². The summed E-state index contributed by atoms with van der Waals surface area (Å²) in [6.45, 7) is 4.85.